The van der Waals surface area contributed by atoms with Crippen molar-refractivity contribution in [3.63, 3.8) is 0 Å². The number of aromatic nitrogens is 3. The Bertz CT molecular complexity index is 588. The Morgan fingerprint density at radius 2 is 2.11 bits per heavy atom. The third-order valence-corrected chi connectivity index (χ3v) is 2.95. The molecule has 0 saturated heterocycles. The number of nitrogens with zero attached hydrogens (tertiary/aromatic N) is 4. The molecule has 6 nitrogen and oxygen atoms in total. The van der Waals surface area contributed by atoms with Crippen LogP contribution in [-0.2, 0) is 4.79 Å². The van der Waals surface area contributed by atoms with Crippen molar-refractivity contribution < 1.29 is 9.90 Å². The number of carboxylic acid groups (broad SMARTS) is 1. The van der Waals surface area contributed by atoms with Gasteiger partial charge in [-0.15, -0.1) is 0 Å². The quantitative estimate of drug-likeness (QED) is 0.881. The van der Waals surface area contributed by atoms with Crippen molar-refractivity contribution in [2.75, 3.05) is 11.4 Å². The van der Waals surface area contributed by atoms with E-state index in [2.05, 4.69) is 15.0 Å². The highest BCUT2D eigenvalue weighted by Gasteiger charge is 2.17. The van der Waals surface area contributed by atoms with E-state index in [1.165, 1.54) is 0 Å². The third kappa shape index (κ3) is 2.96. The van der Waals surface area contributed by atoms with Crippen LogP contribution in [0.1, 0.15) is 20.3 Å². The minimum absolute atomic E-state index is 0.0774. The highest BCUT2D eigenvalue weighted by Crippen LogP contribution is 2.18. The molecule has 2 rings (SSSR count). The van der Waals surface area contributed by atoms with Gasteiger partial charge in [0.15, 0.2) is 5.65 Å². The van der Waals surface area contributed by atoms with Crippen LogP contribution in [0.3, 0.4) is 0 Å². The molecular formula is C13H16N4O2. The van der Waals surface area contributed by atoms with Crippen LogP contribution in [0.5, 0.6) is 0 Å². The molecule has 1 unspecified atom stereocenters. The van der Waals surface area contributed by atoms with E-state index in [9.17, 15) is 4.79 Å². The molecule has 0 amide bonds. The fourth-order valence-electron chi connectivity index (χ4n) is 2.07. The first-order chi connectivity index (χ1) is 9.11. The van der Waals surface area contributed by atoms with Crippen molar-refractivity contribution in [2.24, 2.45) is 0 Å². The maximum atomic E-state index is 10.8. The number of rotatable bonds is 5. The minimum Gasteiger partial charge on any atom is -0.481 e. The van der Waals surface area contributed by atoms with Crippen LogP contribution >= 0.6 is 0 Å². The molecule has 0 aliphatic heterocycles. The van der Waals surface area contributed by atoms with E-state index in [0.29, 0.717) is 12.2 Å². The summed E-state index contributed by atoms with van der Waals surface area (Å²) in [5, 5.41) is 8.88. The molecule has 1 atom stereocenters. The molecule has 0 radical (unpaired) electrons. The second kappa shape index (κ2) is 5.60. The standard InChI is InChI=1S/C13H16N4O2/c1-3-17(9(2)8-12(18)19)11-5-4-10-13(16-11)15-7-6-14-10/h4-7,9H,3,8H2,1-2H3,(H,18,19). The molecule has 0 aromatic carbocycles. The smallest absolute Gasteiger partial charge is 0.305 e. The van der Waals surface area contributed by atoms with Gasteiger partial charge in [-0.05, 0) is 26.0 Å². The predicted molar refractivity (Wildman–Crippen MR) is 72.1 cm³/mol. The summed E-state index contributed by atoms with van der Waals surface area (Å²) in [7, 11) is 0. The van der Waals surface area contributed by atoms with Crippen LogP contribution < -0.4 is 4.90 Å². The van der Waals surface area contributed by atoms with Crippen LogP contribution in [0, 0.1) is 0 Å². The van der Waals surface area contributed by atoms with Gasteiger partial charge in [0.25, 0.3) is 0 Å². The summed E-state index contributed by atoms with van der Waals surface area (Å²) < 4.78 is 0. The molecule has 1 N–H and O–H groups in total. The molecule has 2 heterocycles. The van der Waals surface area contributed by atoms with Crippen LogP contribution in [-0.4, -0.2) is 38.6 Å². The number of carboxylic acids is 1. The van der Waals surface area contributed by atoms with Crippen molar-refractivity contribution >= 4 is 23.0 Å². The Balaban J connectivity index is 2.32. The van der Waals surface area contributed by atoms with Crippen molar-refractivity contribution in [3.05, 3.63) is 24.5 Å². The lowest BCUT2D eigenvalue weighted by atomic mass is 10.2. The Morgan fingerprint density at radius 3 is 2.79 bits per heavy atom. The largest absolute Gasteiger partial charge is 0.481 e. The molecule has 19 heavy (non-hydrogen) atoms. The van der Waals surface area contributed by atoms with Gasteiger partial charge >= 0.3 is 5.97 Å². The van der Waals surface area contributed by atoms with E-state index >= 15 is 0 Å². The summed E-state index contributed by atoms with van der Waals surface area (Å²) >= 11 is 0. The zero-order valence-electron chi connectivity index (χ0n) is 10.9. The normalized spacial score (nSPS) is 12.3. The number of carbonyl (C=O) groups is 1. The molecule has 0 saturated carbocycles. The third-order valence-electron chi connectivity index (χ3n) is 2.95. The van der Waals surface area contributed by atoms with E-state index in [4.69, 9.17) is 5.11 Å². The Labute approximate surface area is 111 Å². The molecule has 0 aliphatic rings. The summed E-state index contributed by atoms with van der Waals surface area (Å²) in [6.07, 6.45) is 3.29. The molecule has 2 aromatic rings. The fraction of sp³-hybridized carbons (Fsp3) is 0.385. The lowest BCUT2D eigenvalue weighted by molar-refractivity contribution is -0.137. The van der Waals surface area contributed by atoms with E-state index in [-0.39, 0.29) is 12.5 Å². The number of aliphatic carboxylic acids is 1. The molecule has 0 spiro atoms. The second-order valence-corrected chi connectivity index (χ2v) is 4.30. The lowest BCUT2D eigenvalue weighted by Crippen LogP contribution is -2.35. The average molecular weight is 260 g/mol. The predicted octanol–water partition coefficient (Wildman–Crippen LogP) is 1.71. The van der Waals surface area contributed by atoms with E-state index in [0.717, 1.165) is 11.3 Å². The number of hydrogen-bond donors (Lipinski definition) is 1. The molecule has 0 aliphatic carbocycles. The minimum atomic E-state index is -0.813. The van der Waals surface area contributed by atoms with Gasteiger partial charge < -0.3 is 10.0 Å². The Hall–Kier alpha value is -2.24. The van der Waals surface area contributed by atoms with Crippen LogP contribution in [0.15, 0.2) is 24.5 Å². The zero-order valence-corrected chi connectivity index (χ0v) is 10.9. The topological polar surface area (TPSA) is 79.2 Å². The van der Waals surface area contributed by atoms with Gasteiger partial charge in [0.1, 0.15) is 11.3 Å². The van der Waals surface area contributed by atoms with Crippen molar-refractivity contribution in [3.8, 4) is 0 Å². The van der Waals surface area contributed by atoms with E-state index in [1.807, 2.05) is 30.9 Å². The molecule has 2 aromatic heterocycles. The summed E-state index contributed by atoms with van der Waals surface area (Å²) in [5.41, 5.74) is 1.30. The first-order valence-electron chi connectivity index (χ1n) is 6.18. The van der Waals surface area contributed by atoms with Gasteiger partial charge in [-0.2, -0.15) is 0 Å². The lowest BCUT2D eigenvalue weighted by Gasteiger charge is -2.28. The summed E-state index contributed by atoms with van der Waals surface area (Å²) in [5.74, 6) is -0.0872. The number of fused-ring (bicyclic) bond motifs is 1. The Morgan fingerprint density at radius 1 is 1.37 bits per heavy atom. The maximum Gasteiger partial charge on any atom is 0.305 e. The number of hydrogen-bond acceptors (Lipinski definition) is 5. The average Bonchev–Trinajstić information content (AvgIpc) is 2.38. The van der Waals surface area contributed by atoms with Crippen molar-refractivity contribution in [2.45, 2.75) is 26.3 Å². The highest BCUT2D eigenvalue weighted by atomic mass is 16.4. The number of pyridine rings is 1. The van der Waals surface area contributed by atoms with Crippen LogP contribution in [0.4, 0.5) is 5.82 Å². The molecule has 0 fully saturated rings. The van der Waals surface area contributed by atoms with E-state index < -0.39 is 5.97 Å². The van der Waals surface area contributed by atoms with Gasteiger partial charge in [0.05, 0.1) is 6.42 Å². The van der Waals surface area contributed by atoms with Gasteiger partial charge in [0.2, 0.25) is 0 Å². The molecule has 0 bridgehead atoms. The van der Waals surface area contributed by atoms with Crippen LogP contribution in [0.25, 0.3) is 11.2 Å². The van der Waals surface area contributed by atoms with Crippen molar-refractivity contribution in [1.29, 1.82) is 0 Å². The monoisotopic (exact) mass is 260 g/mol. The maximum absolute atomic E-state index is 10.8. The van der Waals surface area contributed by atoms with Gasteiger partial charge in [0, 0.05) is 25.0 Å². The molecule has 6 heteroatoms. The SMILES string of the molecule is CCN(c1ccc2nccnc2n1)C(C)CC(=O)O. The zero-order chi connectivity index (χ0) is 13.8. The summed E-state index contributed by atoms with van der Waals surface area (Å²) in [4.78, 5) is 25.5. The summed E-state index contributed by atoms with van der Waals surface area (Å²) in [6, 6.07) is 3.57. The molecular weight excluding hydrogens is 244 g/mol. The Kier molecular flexibility index (Phi) is 3.89. The van der Waals surface area contributed by atoms with Gasteiger partial charge in [-0.25, -0.2) is 9.97 Å². The van der Waals surface area contributed by atoms with Gasteiger partial charge in [-0.1, -0.05) is 0 Å². The van der Waals surface area contributed by atoms with Gasteiger partial charge in [-0.3, -0.25) is 9.78 Å². The summed E-state index contributed by atoms with van der Waals surface area (Å²) in [6.45, 7) is 4.54. The van der Waals surface area contributed by atoms with Crippen LogP contribution in [0.2, 0.25) is 0 Å². The highest BCUT2D eigenvalue weighted by molar-refractivity contribution is 5.72. The first-order valence-corrected chi connectivity index (χ1v) is 6.18. The number of anilines is 1. The fourth-order valence-corrected chi connectivity index (χ4v) is 2.07. The van der Waals surface area contributed by atoms with Crippen molar-refractivity contribution in [1.82, 2.24) is 15.0 Å². The molecule has 100 valence electrons. The van der Waals surface area contributed by atoms with E-state index in [1.54, 1.807) is 12.4 Å². The second-order valence-electron chi connectivity index (χ2n) is 4.30. The first kappa shape index (κ1) is 13.2.